The van der Waals surface area contributed by atoms with Gasteiger partial charge in [-0.25, -0.2) is 9.37 Å². The number of anilines is 1. The van der Waals surface area contributed by atoms with Gasteiger partial charge in [0, 0.05) is 24.7 Å². The summed E-state index contributed by atoms with van der Waals surface area (Å²) in [5, 5.41) is 3.26. The molecular weight excluding hydrogens is 229 g/mol. The third kappa shape index (κ3) is 2.80. The highest BCUT2D eigenvalue weighted by atomic mass is 19.1. The Morgan fingerprint density at radius 2 is 2.33 bits per heavy atom. The smallest absolute Gasteiger partial charge is 0.141 e. The first-order valence-corrected chi connectivity index (χ1v) is 6.88. The summed E-state index contributed by atoms with van der Waals surface area (Å²) < 4.78 is 13.3. The van der Waals surface area contributed by atoms with E-state index in [0.717, 1.165) is 30.9 Å². The molecule has 2 heterocycles. The molecule has 2 rings (SSSR count). The van der Waals surface area contributed by atoms with E-state index < -0.39 is 0 Å². The van der Waals surface area contributed by atoms with E-state index in [-0.39, 0.29) is 5.82 Å². The summed E-state index contributed by atoms with van der Waals surface area (Å²) in [5.74, 6) is 0.709. The summed E-state index contributed by atoms with van der Waals surface area (Å²) in [6.07, 6.45) is 4.88. The minimum Gasteiger partial charge on any atom is -0.353 e. The third-order valence-electron chi connectivity index (χ3n) is 3.60. The summed E-state index contributed by atoms with van der Waals surface area (Å²) in [5.41, 5.74) is 0.970. The topological polar surface area (TPSA) is 28.2 Å². The summed E-state index contributed by atoms with van der Waals surface area (Å²) in [6.45, 7) is 6.86. The van der Waals surface area contributed by atoms with Crippen molar-refractivity contribution in [3.8, 4) is 0 Å². The van der Waals surface area contributed by atoms with E-state index in [1.807, 2.05) is 0 Å². The fraction of sp³-hybridized carbons (Fsp3) is 0.643. The fourth-order valence-corrected chi connectivity index (χ4v) is 2.66. The molecule has 1 aliphatic rings. The summed E-state index contributed by atoms with van der Waals surface area (Å²) in [7, 11) is 0. The standard InChI is InChI=1S/C14H22FN3/c1-3-13-6-5-7-18(13)14-11(9-16-4-2)8-12(15)10-17-14/h8,10,13,16H,3-7,9H2,1-2H3. The van der Waals surface area contributed by atoms with Crippen LogP contribution >= 0.6 is 0 Å². The average molecular weight is 251 g/mol. The van der Waals surface area contributed by atoms with Crippen molar-refractivity contribution in [3.05, 3.63) is 23.6 Å². The van der Waals surface area contributed by atoms with Crippen LogP contribution in [-0.4, -0.2) is 24.1 Å². The van der Waals surface area contributed by atoms with E-state index in [0.29, 0.717) is 12.6 Å². The van der Waals surface area contributed by atoms with Gasteiger partial charge >= 0.3 is 0 Å². The Kier molecular flexibility index (Phi) is 4.53. The lowest BCUT2D eigenvalue weighted by atomic mass is 10.1. The Morgan fingerprint density at radius 3 is 3.06 bits per heavy atom. The number of nitrogens with zero attached hydrogens (tertiary/aromatic N) is 2. The molecular formula is C14H22FN3. The van der Waals surface area contributed by atoms with E-state index in [9.17, 15) is 4.39 Å². The molecule has 0 bridgehead atoms. The van der Waals surface area contributed by atoms with Gasteiger partial charge in [0.05, 0.1) is 6.20 Å². The highest BCUT2D eigenvalue weighted by Gasteiger charge is 2.25. The number of nitrogens with one attached hydrogen (secondary N) is 1. The maximum absolute atomic E-state index is 13.3. The van der Waals surface area contributed by atoms with Crippen LogP contribution in [0.2, 0.25) is 0 Å². The van der Waals surface area contributed by atoms with E-state index >= 15 is 0 Å². The van der Waals surface area contributed by atoms with Crippen LogP contribution in [0.1, 0.15) is 38.7 Å². The van der Waals surface area contributed by atoms with Gasteiger partial charge in [0.15, 0.2) is 0 Å². The second-order valence-corrected chi connectivity index (χ2v) is 4.81. The quantitative estimate of drug-likeness (QED) is 0.872. The van der Waals surface area contributed by atoms with Crippen LogP contribution in [0.3, 0.4) is 0 Å². The molecule has 0 aromatic carbocycles. The van der Waals surface area contributed by atoms with E-state index in [1.54, 1.807) is 6.07 Å². The molecule has 1 saturated heterocycles. The highest BCUT2D eigenvalue weighted by Crippen LogP contribution is 2.28. The van der Waals surface area contributed by atoms with Gasteiger partial charge in [0.1, 0.15) is 11.6 Å². The lowest BCUT2D eigenvalue weighted by Gasteiger charge is -2.27. The maximum atomic E-state index is 13.3. The zero-order valence-corrected chi connectivity index (χ0v) is 11.2. The molecule has 0 radical (unpaired) electrons. The molecule has 4 heteroatoms. The molecule has 18 heavy (non-hydrogen) atoms. The molecule has 0 saturated carbocycles. The average Bonchev–Trinajstić information content (AvgIpc) is 2.84. The normalized spacial score (nSPS) is 19.5. The first kappa shape index (κ1) is 13.3. The lowest BCUT2D eigenvalue weighted by molar-refractivity contribution is 0.604. The molecule has 1 unspecified atom stereocenters. The van der Waals surface area contributed by atoms with Crippen molar-refractivity contribution in [2.75, 3.05) is 18.0 Å². The first-order valence-electron chi connectivity index (χ1n) is 6.88. The molecule has 1 aromatic rings. The Morgan fingerprint density at radius 1 is 1.50 bits per heavy atom. The number of halogens is 1. The highest BCUT2D eigenvalue weighted by molar-refractivity contribution is 5.48. The van der Waals surface area contributed by atoms with Crippen molar-refractivity contribution >= 4 is 5.82 Å². The molecule has 1 aromatic heterocycles. The van der Waals surface area contributed by atoms with Gasteiger partial charge < -0.3 is 10.2 Å². The van der Waals surface area contributed by atoms with Gasteiger partial charge in [-0.3, -0.25) is 0 Å². The number of aromatic nitrogens is 1. The maximum Gasteiger partial charge on any atom is 0.141 e. The second-order valence-electron chi connectivity index (χ2n) is 4.81. The van der Waals surface area contributed by atoms with Crippen LogP contribution in [-0.2, 0) is 6.54 Å². The van der Waals surface area contributed by atoms with E-state index in [2.05, 4.69) is 29.0 Å². The molecule has 0 spiro atoms. The molecule has 0 amide bonds. The molecule has 1 fully saturated rings. The van der Waals surface area contributed by atoms with Crippen LogP contribution in [0.5, 0.6) is 0 Å². The Labute approximate surface area is 108 Å². The lowest BCUT2D eigenvalue weighted by Crippen LogP contribution is -2.31. The van der Waals surface area contributed by atoms with Crippen LogP contribution in [0.4, 0.5) is 10.2 Å². The Hall–Kier alpha value is -1.16. The van der Waals surface area contributed by atoms with Gasteiger partial charge in [0.25, 0.3) is 0 Å². The second kappa shape index (κ2) is 6.14. The minimum atomic E-state index is -0.251. The molecule has 100 valence electrons. The van der Waals surface area contributed by atoms with Crippen LogP contribution < -0.4 is 10.2 Å². The number of hydrogen-bond donors (Lipinski definition) is 1. The summed E-state index contributed by atoms with van der Waals surface area (Å²) in [4.78, 5) is 6.66. The van der Waals surface area contributed by atoms with Gasteiger partial charge in [-0.1, -0.05) is 13.8 Å². The first-order chi connectivity index (χ1) is 8.76. The molecule has 3 nitrogen and oxygen atoms in total. The van der Waals surface area contributed by atoms with Crippen LogP contribution in [0.15, 0.2) is 12.3 Å². The number of rotatable bonds is 5. The minimum absolute atomic E-state index is 0.251. The Balaban J connectivity index is 2.25. The van der Waals surface area contributed by atoms with Crippen LogP contribution in [0, 0.1) is 5.82 Å². The van der Waals surface area contributed by atoms with E-state index in [1.165, 1.54) is 19.0 Å². The Bertz CT molecular complexity index is 395. The van der Waals surface area contributed by atoms with Gasteiger partial charge in [-0.2, -0.15) is 0 Å². The van der Waals surface area contributed by atoms with Crippen molar-refractivity contribution in [2.45, 2.75) is 45.7 Å². The number of pyridine rings is 1. The zero-order chi connectivity index (χ0) is 13.0. The van der Waals surface area contributed by atoms with Crippen molar-refractivity contribution in [2.24, 2.45) is 0 Å². The van der Waals surface area contributed by atoms with Crippen LogP contribution in [0.25, 0.3) is 0 Å². The zero-order valence-electron chi connectivity index (χ0n) is 11.2. The fourth-order valence-electron chi connectivity index (χ4n) is 2.66. The monoisotopic (exact) mass is 251 g/mol. The van der Waals surface area contributed by atoms with E-state index in [4.69, 9.17) is 0 Å². The van der Waals surface area contributed by atoms with Crippen molar-refractivity contribution < 1.29 is 4.39 Å². The van der Waals surface area contributed by atoms with Crippen molar-refractivity contribution in [3.63, 3.8) is 0 Å². The van der Waals surface area contributed by atoms with Crippen molar-refractivity contribution in [1.82, 2.24) is 10.3 Å². The molecule has 1 N–H and O–H groups in total. The largest absolute Gasteiger partial charge is 0.353 e. The molecule has 0 aliphatic carbocycles. The van der Waals surface area contributed by atoms with Gasteiger partial charge in [0.2, 0.25) is 0 Å². The third-order valence-corrected chi connectivity index (χ3v) is 3.60. The van der Waals surface area contributed by atoms with Crippen molar-refractivity contribution in [1.29, 1.82) is 0 Å². The molecule has 1 aliphatic heterocycles. The molecule has 1 atom stereocenters. The SMILES string of the molecule is CCNCc1cc(F)cnc1N1CCCC1CC. The number of hydrogen-bond acceptors (Lipinski definition) is 3. The van der Waals surface area contributed by atoms with Gasteiger partial charge in [-0.15, -0.1) is 0 Å². The predicted octanol–water partition coefficient (Wildman–Crippen LogP) is 2.71. The summed E-state index contributed by atoms with van der Waals surface area (Å²) >= 11 is 0. The van der Waals surface area contributed by atoms with Gasteiger partial charge in [-0.05, 0) is 31.9 Å². The predicted molar refractivity (Wildman–Crippen MR) is 72.2 cm³/mol. The summed E-state index contributed by atoms with van der Waals surface area (Å²) in [6, 6.07) is 2.17.